The number of hydrogen-bond donors (Lipinski definition) is 2. The monoisotopic (exact) mass is 305 g/mol. The molecule has 0 unspecified atom stereocenters. The first kappa shape index (κ1) is 16.1. The summed E-state index contributed by atoms with van der Waals surface area (Å²) in [4.78, 5) is 10.7. The summed E-state index contributed by atoms with van der Waals surface area (Å²) in [5.74, 6) is -3.29. The third-order valence-corrected chi connectivity index (χ3v) is 3.62. The molecule has 0 aliphatic rings. The Labute approximate surface area is 127 Å². The fourth-order valence-electron chi connectivity index (χ4n) is 2.59. The summed E-state index contributed by atoms with van der Waals surface area (Å²) in [5.41, 5.74) is 8.70. The Balaban J connectivity index is 2.60. The van der Waals surface area contributed by atoms with Crippen molar-refractivity contribution in [3.05, 3.63) is 58.7 Å². The Morgan fingerprint density at radius 2 is 1.82 bits per heavy atom. The lowest BCUT2D eigenvalue weighted by molar-refractivity contribution is -0.137. The van der Waals surface area contributed by atoms with Crippen LogP contribution in [0.5, 0.6) is 0 Å². The molecule has 116 valence electrons. The van der Waals surface area contributed by atoms with Crippen molar-refractivity contribution in [3.63, 3.8) is 0 Å². The van der Waals surface area contributed by atoms with E-state index in [-0.39, 0.29) is 5.56 Å². The van der Waals surface area contributed by atoms with Crippen molar-refractivity contribution in [1.29, 1.82) is 0 Å². The summed E-state index contributed by atoms with van der Waals surface area (Å²) < 4.78 is 27.9. The van der Waals surface area contributed by atoms with Gasteiger partial charge in [0.1, 0.15) is 0 Å². The molecule has 2 aromatic rings. The number of carbonyl (C=O) groups is 1. The van der Waals surface area contributed by atoms with E-state index in [1.165, 1.54) is 6.07 Å². The summed E-state index contributed by atoms with van der Waals surface area (Å²) in [5, 5.41) is 8.78. The molecular weight excluding hydrogens is 288 g/mol. The molecule has 2 aromatic carbocycles. The van der Waals surface area contributed by atoms with Crippen LogP contribution in [0.4, 0.5) is 8.78 Å². The minimum Gasteiger partial charge on any atom is -0.481 e. The predicted molar refractivity (Wildman–Crippen MR) is 80.4 cm³/mol. The van der Waals surface area contributed by atoms with Crippen molar-refractivity contribution in [2.45, 2.75) is 26.3 Å². The van der Waals surface area contributed by atoms with Crippen LogP contribution >= 0.6 is 0 Å². The first-order chi connectivity index (χ1) is 10.3. The van der Waals surface area contributed by atoms with Gasteiger partial charge in [-0.25, -0.2) is 8.78 Å². The zero-order chi connectivity index (χ0) is 16.4. The molecule has 2 rings (SSSR count). The van der Waals surface area contributed by atoms with Gasteiger partial charge in [-0.2, -0.15) is 0 Å². The second kappa shape index (κ2) is 6.23. The van der Waals surface area contributed by atoms with Gasteiger partial charge in [-0.3, -0.25) is 4.79 Å². The van der Waals surface area contributed by atoms with Gasteiger partial charge in [0.2, 0.25) is 0 Å². The highest BCUT2D eigenvalue weighted by atomic mass is 19.2. The molecule has 0 fully saturated rings. The van der Waals surface area contributed by atoms with E-state index in [0.717, 1.165) is 22.8 Å². The van der Waals surface area contributed by atoms with Gasteiger partial charge in [-0.15, -0.1) is 0 Å². The predicted octanol–water partition coefficient (Wildman–Crippen LogP) is 3.72. The average molecular weight is 305 g/mol. The van der Waals surface area contributed by atoms with Gasteiger partial charge in [0.15, 0.2) is 11.6 Å². The Kier molecular flexibility index (Phi) is 4.56. The number of rotatable bonds is 4. The van der Waals surface area contributed by atoms with Gasteiger partial charge >= 0.3 is 5.97 Å². The van der Waals surface area contributed by atoms with Crippen LogP contribution < -0.4 is 5.73 Å². The van der Waals surface area contributed by atoms with Crippen LogP contribution in [0, 0.1) is 25.5 Å². The van der Waals surface area contributed by atoms with E-state index in [1.54, 1.807) is 0 Å². The maximum Gasteiger partial charge on any atom is 0.305 e. The Morgan fingerprint density at radius 1 is 1.23 bits per heavy atom. The van der Waals surface area contributed by atoms with E-state index in [9.17, 15) is 13.6 Å². The molecule has 0 saturated heterocycles. The second-order valence-electron chi connectivity index (χ2n) is 5.33. The molecule has 22 heavy (non-hydrogen) atoms. The van der Waals surface area contributed by atoms with Crippen molar-refractivity contribution in [3.8, 4) is 11.1 Å². The van der Waals surface area contributed by atoms with Crippen LogP contribution in [0.1, 0.15) is 29.2 Å². The Hall–Kier alpha value is -2.27. The second-order valence-corrected chi connectivity index (χ2v) is 5.33. The Bertz CT molecular complexity index is 709. The fraction of sp³-hybridized carbons (Fsp3) is 0.235. The van der Waals surface area contributed by atoms with E-state index in [2.05, 4.69) is 0 Å². The highest BCUT2D eigenvalue weighted by Crippen LogP contribution is 2.32. The van der Waals surface area contributed by atoms with Gasteiger partial charge in [0.05, 0.1) is 6.42 Å². The first-order valence-electron chi connectivity index (χ1n) is 6.84. The Morgan fingerprint density at radius 3 is 2.36 bits per heavy atom. The number of halogens is 2. The zero-order valence-electron chi connectivity index (χ0n) is 12.4. The van der Waals surface area contributed by atoms with E-state index in [1.807, 2.05) is 32.0 Å². The number of benzene rings is 2. The number of aryl methyl sites for hydroxylation is 2. The quantitative estimate of drug-likeness (QED) is 0.905. The lowest BCUT2D eigenvalue weighted by atomic mass is 9.92. The minimum absolute atomic E-state index is 0.125. The molecule has 1 atom stereocenters. The summed E-state index contributed by atoms with van der Waals surface area (Å²) in [6.07, 6.45) is -0.466. The molecule has 0 aromatic heterocycles. The van der Waals surface area contributed by atoms with E-state index < -0.39 is 30.1 Å². The normalized spacial score (nSPS) is 12.2. The smallest absolute Gasteiger partial charge is 0.305 e. The standard InChI is InChI=1S/C17H17F2NO2/c1-9-4-3-5-10(2)16(9)11-6-12(14(20)8-15(21)22)17(19)13(18)7-11/h3-7,14H,8,20H2,1-2H3,(H,21,22)/t14-/m0/s1. The molecule has 0 aliphatic carbocycles. The lowest BCUT2D eigenvalue weighted by Crippen LogP contribution is -2.17. The SMILES string of the molecule is Cc1cccc(C)c1-c1cc(F)c(F)c([C@@H](N)CC(=O)O)c1. The van der Waals surface area contributed by atoms with Gasteiger partial charge in [0.25, 0.3) is 0 Å². The van der Waals surface area contributed by atoms with Crippen LogP contribution in [0.15, 0.2) is 30.3 Å². The third kappa shape index (κ3) is 3.14. The molecule has 5 heteroatoms. The largest absolute Gasteiger partial charge is 0.481 e. The van der Waals surface area contributed by atoms with Crippen molar-refractivity contribution >= 4 is 5.97 Å². The number of carboxylic acids is 1. The van der Waals surface area contributed by atoms with Crippen molar-refractivity contribution < 1.29 is 18.7 Å². The number of hydrogen-bond acceptors (Lipinski definition) is 2. The lowest BCUT2D eigenvalue weighted by Gasteiger charge is -2.16. The third-order valence-electron chi connectivity index (χ3n) is 3.62. The number of aliphatic carboxylic acids is 1. The van der Waals surface area contributed by atoms with E-state index in [0.29, 0.717) is 5.56 Å². The van der Waals surface area contributed by atoms with Gasteiger partial charge < -0.3 is 10.8 Å². The molecule has 0 saturated carbocycles. The topological polar surface area (TPSA) is 63.3 Å². The molecule has 0 aliphatic heterocycles. The van der Waals surface area contributed by atoms with Crippen molar-refractivity contribution in [2.75, 3.05) is 0 Å². The highest BCUT2D eigenvalue weighted by Gasteiger charge is 2.20. The minimum atomic E-state index is -1.16. The molecule has 3 nitrogen and oxygen atoms in total. The average Bonchev–Trinajstić information content (AvgIpc) is 2.41. The van der Waals surface area contributed by atoms with Crippen molar-refractivity contribution in [1.82, 2.24) is 0 Å². The first-order valence-corrected chi connectivity index (χ1v) is 6.84. The summed E-state index contributed by atoms with van der Waals surface area (Å²) in [6, 6.07) is 7.07. The molecule has 0 radical (unpaired) electrons. The van der Waals surface area contributed by atoms with Crippen LogP contribution in [0.2, 0.25) is 0 Å². The highest BCUT2D eigenvalue weighted by molar-refractivity contribution is 5.72. The fourth-order valence-corrected chi connectivity index (χ4v) is 2.59. The molecule has 0 amide bonds. The summed E-state index contributed by atoms with van der Waals surface area (Å²) in [7, 11) is 0. The molecule has 0 heterocycles. The molecule has 0 spiro atoms. The molecule has 3 N–H and O–H groups in total. The van der Waals surface area contributed by atoms with Gasteiger partial charge in [-0.1, -0.05) is 18.2 Å². The number of nitrogens with two attached hydrogens (primary N) is 1. The van der Waals surface area contributed by atoms with Crippen LogP contribution in [-0.2, 0) is 4.79 Å². The molecule has 0 bridgehead atoms. The van der Waals surface area contributed by atoms with Crippen molar-refractivity contribution in [2.24, 2.45) is 5.73 Å². The maximum atomic E-state index is 14.0. The van der Waals surface area contributed by atoms with Crippen LogP contribution in [0.25, 0.3) is 11.1 Å². The maximum absolute atomic E-state index is 14.0. The van der Waals surface area contributed by atoms with Gasteiger partial charge in [-0.05, 0) is 48.2 Å². The summed E-state index contributed by atoms with van der Waals surface area (Å²) in [6.45, 7) is 3.75. The van der Waals surface area contributed by atoms with E-state index >= 15 is 0 Å². The molecular formula is C17H17F2NO2. The van der Waals surface area contributed by atoms with Gasteiger partial charge in [0, 0.05) is 11.6 Å². The van der Waals surface area contributed by atoms with Crippen LogP contribution in [-0.4, -0.2) is 11.1 Å². The number of carboxylic acid groups (broad SMARTS) is 1. The summed E-state index contributed by atoms with van der Waals surface area (Å²) >= 11 is 0. The van der Waals surface area contributed by atoms with Crippen LogP contribution in [0.3, 0.4) is 0 Å². The zero-order valence-corrected chi connectivity index (χ0v) is 12.4. The van der Waals surface area contributed by atoms with E-state index in [4.69, 9.17) is 10.8 Å².